The molecule has 1 aliphatic carbocycles. The number of benzene rings is 2. The normalized spacial score (nSPS) is 18.9. The van der Waals surface area contributed by atoms with Crippen molar-refractivity contribution in [3.05, 3.63) is 86.5 Å². The molecule has 0 saturated carbocycles. The zero-order chi connectivity index (χ0) is 16.8. The lowest BCUT2D eigenvalue weighted by atomic mass is 9.80. The number of nitriles is 1. The lowest BCUT2D eigenvalue weighted by Gasteiger charge is -2.27. The fourth-order valence-corrected chi connectivity index (χ4v) is 3.91. The van der Waals surface area contributed by atoms with Gasteiger partial charge in [-0.2, -0.15) is 5.26 Å². The number of nitrogens with one attached hydrogen (secondary N) is 1. The molecule has 24 heavy (non-hydrogen) atoms. The summed E-state index contributed by atoms with van der Waals surface area (Å²) in [4.78, 5) is 13.0. The molecule has 0 spiro atoms. The van der Waals surface area contributed by atoms with Crippen LogP contribution in [0.5, 0.6) is 0 Å². The smallest absolute Gasteiger partial charge is 0.192 e. The first-order valence-corrected chi connectivity index (χ1v) is 8.42. The van der Waals surface area contributed by atoms with Gasteiger partial charge in [-0.05, 0) is 24.6 Å². The van der Waals surface area contributed by atoms with Gasteiger partial charge >= 0.3 is 0 Å². The molecule has 0 unspecified atom stereocenters. The van der Waals surface area contributed by atoms with Crippen molar-refractivity contribution >= 4 is 27.4 Å². The van der Waals surface area contributed by atoms with Crippen LogP contribution in [0.2, 0.25) is 0 Å². The molecule has 4 rings (SSSR count). The summed E-state index contributed by atoms with van der Waals surface area (Å²) in [6.45, 7) is 1.89. The van der Waals surface area contributed by atoms with E-state index in [0.717, 1.165) is 27.0 Å². The average Bonchev–Trinajstić information content (AvgIpc) is 2.86. The number of nitrogens with zero attached hydrogens (tertiary/aromatic N) is 1. The van der Waals surface area contributed by atoms with E-state index in [1.165, 1.54) is 0 Å². The van der Waals surface area contributed by atoms with Gasteiger partial charge in [0.1, 0.15) is 0 Å². The molecule has 1 N–H and O–H groups in total. The third kappa shape index (κ3) is 2.05. The molecule has 0 radical (unpaired) electrons. The summed E-state index contributed by atoms with van der Waals surface area (Å²) in [6.07, 6.45) is 0. The topological polar surface area (TPSA) is 52.9 Å². The molecule has 0 aromatic heterocycles. The molecule has 0 amide bonds. The summed E-state index contributed by atoms with van der Waals surface area (Å²) in [5, 5.41) is 13.0. The third-order valence-electron chi connectivity index (χ3n) is 4.55. The van der Waals surface area contributed by atoms with E-state index in [4.69, 9.17) is 0 Å². The van der Waals surface area contributed by atoms with Gasteiger partial charge in [0.05, 0.1) is 23.3 Å². The molecule has 0 bridgehead atoms. The fraction of sp³-hybridized carbons (Fsp3) is 0.100. The summed E-state index contributed by atoms with van der Waals surface area (Å²) in [7, 11) is 0. The van der Waals surface area contributed by atoms with E-state index in [1.54, 1.807) is 0 Å². The highest BCUT2D eigenvalue weighted by Crippen LogP contribution is 2.46. The summed E-state index contributed by atoms with van der Waals surface area (Å²) < 4.78 is 0.929. The Morgan fingerprint density at radius 2 is 1.88 bits per heavy atom. The van der Waals surface area contributed by atoms with E-state index in [1.807, 2.05) is 55.5 Å². The largest absolute Gasteiger partial charge is 0.357 e. The third-order valence-corrected chi connectivity index (χ3v) is 5.04. The number of allylic oxidation sites excluding steroid dienone is 3. The molecule has 2 aromatic rings. The molecule has 116 valence electrons. The number of hydrogen-bond acceptors (Lipinski definition) is 3. The number of Topliss-reactive ketones (excluding diaryl/α,β-unsaturated/α-hetero) is 1. The first kappa shape index (κ1) is 14.9. The van der Waals surface area contributed by atoms with Gasteiger partial charge < -0.3 is 5.32 Å². The van der Waals surface area contributed by atoms with Crippen LogP contribution in [0.1, 0.15) is 34.3 Å². The summed E-state index contributed by atoms with van der Waals surface area (Å²) >= 11 is 3.49. The summed E-state index contributed by atoms with van der Waals surface area (Å²) in [5.74, 6) is -0.345. The molecule has 4 heteroatoms. The van der Waals surface area contributed by atoms with Crippen molar-refractivity contribution in [1.29, 1.82) is 5.26 Å². The van der Waals surface area contributed by atoms with Crippen molar-refractivity contribution in [2.24, 2.45) is 0 Å². The van der Waals surface area contributed by atoms with Crippen LogP contribution in [0, 0.1) is 11.3 Å². The van der Waals surface area contributed by atoms with Crippen LogP contribution in [0.4, 0.5) is 0 Å². The van der Waals surface area contributed by atoms with E-state index in [9.17, 15) is 10.1 Å². The Hall–Kier alpha value is -2.64. The van der Waals surface area contributed by atoms with Crippen molar-refractivity contribution < 1.29 is 4.79 Å². The van der Waals surface area contributed by atoms with Crippen LogP contribution < -0.4 is 5.32 Å². The predicted octanol–water partition coefficient (Wildman–Crippen LogP) is 4.54. The highest BCUT2D eigenvalue weighted by molar-refractivity contribution is 9.10. The number of dihydropyridines is 1. The highest BCUT2D eigenvalue weighted by Gasteiger charge is 2.40. The Bertz CT molecular complexity index is 995. The number of fused-ring (bicyclic) bond motifs is 2. The minimum atomic E-state index is -0.344. The van der Waals surface area contributed by atoms with Crippen LogP contribution in [0.3, 0.4) is 0 Å². The van der Waals surface area contributed by atoms with Crippen molar-refractivity contribution in [3.63, 3.8) is 0 Å². The maximum absolute atomic E-state index is 13.0. The van der Waals surface area contributed by atoms with Crippen LogP contribution in [-0.4, -0.2) is 5.78 Å². The van der Waals surface area contributed by atoms with Gasteiger partial charge in [-0.3, -0.25) is 4.79 Å². The lowest BCUT2D eigenvalue weighted by molar-refractivity contribution is 0.103. The Kier molecular flexibility index (Phi) is 3.40. The molecular weight excluding hydrogens is 364 g/mol. The van der Waals surface area contributed by atoms with E-state index >= 15 is 0 Å². The van der Waals surface area contributed by atoms with Crippen molar-refractivity contribution in [3.8, 4) is 6.07 Å². The molecule has 0 saturated heterocycles. The Balaban J connectivity index is 1.97. The van der Waals surface area contributed by atoms with Crippen molar-refractivity contribution in [1.82, 2.24) is 5.32 Å². The first-order valence-electron chi connectivity index (χ1n) is 7.63. The van der Waals surface area contributed by atoms with Gasteiger partial charge in [-0.1, -0.05) is 52.3 Å². The Morgan fingerprint density at radius 3 is 2.58 bits per heavy atom. The maximum Gasteiger partial charge on any atom is 0.192 e. The van der Waals surface area contributed by atoms with Crippen LogP contribution in [-0.2, 0) is 0 Å². The molecule has 0 fully saturated rings. The fourth-order valence-electron chi connectivity index (χ4n) is 3.50. The standard InChI is InChI=1S/C20H13BrN2O/c1-11-16(10-22)17(12-5-4-6-13(21)9-12)18-19(23-11)14-7-2-3-8-15(14)20(18)24/h2-9,17,23H,1H3/t17-/m1/s1. The zero-order valence-electron chi connectivity index (χ0n) is 12.9. The Labute approximate surface area is 148 Å². The maximum atomic E-state index is 13.0. The minimum Gasteiger partial charge on any atom is -0.357 e. The first-order chi connectivity index (χ1) is 11.6. The second-order valence-electron chi connectivity index (χ2n) is 5.93. The summed E-state index contributed by atoms with van der Waals surface area (Å²) in [6, 6.07) is 17.7. The van der Waals surface area contributed by atoms with Crippen molar-refractivity contribution in [2.75, 3.05) is 0 Å². The van der Waals surface area contributed by atoms with E-state index in [-0.39, 0.29) is 11.7 Å². The lowest BCUT2D eigenvalue weighted by Crippen LogP contribution is -2.24. The Morgan fingerprint density at radius 1 is 1.12 bits per heavy atom. The van der Waals surface area contributed by atoms with Gasteiger partial charge in [0.15, 0.2) is 5.78 Å². The van der Waals surface area contributed by atoms with Crippen molar-refractivity contribution in [2.45, 2.75) is 12.8 Å². The molecule has 2 aromatic carbocycles. The van der Waals surface area contributed by atoms with Gasteiger partial charge in [0.2, 0.25) is 0 Å². The monoisotopic (exact) mass is 376 g/mol. The molecular formula is C20H13BrN2O. The molecule has 1 aliphatic heterocycles. The zero-order valence-corrected chi connectivity index (χ0v) is 14.5. The predicted molar refractivity (Wildman–Crippen MR) is 96.0 cm³/mol. The van der Waals surface area contributed by atoms with E-state index < -0.39 is 0 Å². The SMILES string of the molecule is CC1=C(C#N)[C@@H](c2cccc(Br)c2)C2=C(N1)c1ccccc1C2=O. The van der Waals surface area contributed by atoms with Gasteiger partial charge in [0, 0.05) is 26.9 Å². The van der Waals surface area contributed by atoms with Crippen LogP contribution in [0.15, 0.2) is 69.8 Å². The number of ketones is 1. The van der Waals surface area contributed by atoms with Crippen LogP contribution >= 0.6 is 15.9 Å². The molecule has 3 nitrogen and oxygen atoms in total. The second-order valence-corrected chi connectivity index (χ2v) is 6.84. The van der Waals surface area contributed by atoms with Gasteiger partial charge in [-0.25, -0.2) is 0 Å². The molecule has 2 aliphatic rings. The number of rotatable bonds is 1. The van der Waals surface area contributed by atoms with E-state index in [2.05, 4.69) is 27.3 Å². The number of halogens is 1. The second kappa shape index (κ2) is 5.47. The van der Waals surface area contributed by atoms with Crippen LogP contribution in [0.25, 0.3) is 5.70 Å². The molecule has 1 heterocycles. The number of hydrogen-bond donors (Lipinski definition) is 1. The van der Waals surface area contributed by atoms with E-state index in [0.29, 0.717) is 16.7 Å². The van der Waals surface area contributed by atoms with Gasteiger partial charge in [-0.15, -0.1) is 0 Å². The average molecular weight is 377 g/mol. The number of carbonyl (C=O) groups excluding carboxylic acids is 1. The number of carbonyl (C=O) groups is 1. The summed E-state index contributed by atoms with van der Waals surface area (Å²) in [5.41, 5.74) is 5.43. The van der Waals surface area contributed by atoms with Gasteiger partial charge in [0.25, 0.3) is 0 Å². The molecule has 1 atom stereocenters. The highest BCUT2D eigenvalue weighted by atomic mass is 79.9. The minimum absolute atomic E-state index is 0.00155. The quantitative estimate of drug-likeness (QED) is 0.794.